The molecule has 0 amide bonds. The summed E-state index contributed by atoms with van der Waals surface area (Å²) in [4.78, 5) is 12.1. The summed E-state index contributed by atoms with van der Waals surface area (Å²) in [5.74, 6) is 0.849. The van der Waals surface area contributed by atoms with E-state index in [0.29, 0.717) is 24.3 Å². The third kappa shape index (κ3) is 2.81. The van der Waals surface area contributed by atoms with Crippen LogP contribution in [0, 0.1) is 0 Å². The number of benzene rings is 1. The molecular weight excluding hydrogens is 246 g/mol. The minimum Gasteiger partial charge on any atom is -0.493 e. The lowest BCUT2D eigenvalue weighted by Crippen LogP contribution is -2.52. The third-order valence-electron chi connectivity index (χ3n) is 3.34. The van der Waals surface area contributed by atoms with E-state index in [1.54, 1.807) is 19.2 Å². The minimum absolute atomic E-state index is 0.333. The molecule has 1 N–H and O–H groups in total. The Hall–Kier alpha value is -1.75. The molecule has 0 aliphatic carbocycles. The van der Waals surface area contributed by atoms with Crippen LogP contribution in [0.25, 0.3) is 0 Å². The van der Waals surface area contributed by atoms with Gasteiger partial charge in [0.2, 0.25) is 5.60 Å². The first-order valence-electron chi connectivity index (χ1n) is 6.33. The number of esters is 1. The Morgan fingerprint density at radius 2 is 1.79 bits per heavy atom. The molecule has 1 fully saturated rings. The number of methoxy groups -OCH3 is 2. The molecule has 0 saturated carbocycles. The monoisotopic (exact) mass is 265 g/mol. The zero-order chi connectivity index (χ0) is 13.7. The molecule has 0 spiro atoms. The van der Waals surface area contributed by atoms with Gasteiger partial charge in [-0.1, -0.05) is 12.1 Å². The summed E-state index contributed by atoms with van der Waals surface area (Å²) in [6, 6.07) is 7.32. The molecular formula is C14H19NO4. The second kappa shape index (κ2) is 5.93. The van der Waals surface area contributed by atoms with Crippen molar-refractivity contribution in [1.82, 2.24) is 5.32 Å². The van der Waals surface area contributed by atoms with Crippen LogP contribution in [0.4, 0.5) is 0 Å². The summed E-state index contributed by atoms with van der Waals surface area (Å²) in [5.41, 5.74) is -0.922. The summed E-state index contributed by atoms with van der Waals surface area (Å²) < 4.78 is 16.1. The van der Waals surface area contributed by atoms with Crippen LogP contribution in [-0.2, 0) is 9.53 Å². The van der Waals surface area contributed by atoms with Gasteiger partial charge >= 0.3 is 5.97 Å². The highest BCUT2D eigenvalue weighted by molar-refractivity contribution is 5.80. The van der Waals surface area contributed by atoms with Crippen LogP contribution < -0.4 is 14.8 Å². The van der Waals surface area contributed by atoms with Crippen LogP contribution in [-0.4, -0.2) is 38.9 Å². The number of nitrogens with one attached hydrogen (secondary N) is 1. The zero-order valence-electron chi connectivity index (χ0n) is 11.3. The molecule has 5 nitrogen and oxygen atoms in total. The molecule has 0 atom stereocenters. The fourth-order valence-corrected chi connectivity index (χ4v) is 2.28. The molecule has 19 heavy (non-hydrogen) atoms. The van der Waals surface area contributed by atoms with Crippen molar-refractivity contribution in [3.8, 4) is 11.5 Å². The third-order valence-corrected chi connectivity index (χ3v) is 3.34. The first-order valence-corrected chi connectivity index (χ1v) is 6.33. The summed E-state index contributed by atoms with van der Waals surface area (Å²) in [6.45, 7) is 1.45. The Kier molecular flexibility index (Phi) is 4.27. The maximum absolute atomic E-state index is 12.1. The van der Waals surface area contributed by atoms with Crippen molar-refractivity contribution in [2.75, 3.05) is 27.3 Å². The smallest absolute Gasteiger partial charge is 0.350 e. The SMILES string of the molecule is COC(=O)C1(Oc2ccccc2OC)CCNCC1. The number of carbonyl (C=O) groups is 1. The first kappa shape index (κ1) is 13.7. The normalized spacial score (nSPS) is 17.6. The standard InChI is InChI=1S/C14H19NO4/c1-17-11-5-3-4-6-12(11)19-14(13(16)18-2)7-9-15-10-8-14/h3-6,15H,7-10H2,1-2H3. The molecule has 0 radical (unpaired) electrons. The Balaban J connectivity index is 2.27. The molecule has 1 aromatic carbocycles. The Morgan fingerprint density at radius 1 is 1.16 bits per heavy atom. The van der Waals surface area contributed by atoms with Crippen molar-refractivity contribution in [1.29, 1.82) is 0 Å². The van der Waals surface area contributed by atoms with Gasteiger partial charge in [-0.2, -0.15) is 0 Å². The maximum atomic E-state index is 12.1. The van der Waals surface area contributed by atoms with E-state index in [0.717, 1.165) is 13.1 Å². The predicted molar refractivity (Wildman–Crippen MR) is 70.5 cm³/mol. The fourth-order valence-electron chi connectivity index (χ4n) is 2.28. The van der Waals surface area contributed by atoms with Crippen LogP contribution in [0.2, 0.25) is 0 Å². The van der Waals surface area contributed by atoms with Crippen molar-refractivity contribution < 1.29 is 19.0 Å². The minimum atomic E-state index is -0.922. The van der Waals surface area contributed by atoms with Crippen LogP contribution in [0.3, 0.4) is 0 Å². The average molecular weight is 265 g/mol. The van der Waals surface area contributed by atoms with E-state index in [1.807, 2.05) is 12.1 Å². The predicted octanol–water partition coefficient (Wildman–Crippen LogP) is 1.37. The molecule has 1 aromatic rings. The topological polar surface area (TPSA) is 56.8 Å². The Bertz CT molecular complexity index is 441. The second-order valence-corrected chi connectivity index (χ2v) is 4.49. The molecule has 1 aliphatic rings. The molecule has 0 aromatic heterocycles. The van der Waals surface area contributed by atoms with Gasteiger partial charge in [-0.05, 0) is 25.2 Å². The molecule has 0 unspecified atom stereocenters. The van der Waals surface area contributed by atoms with E-state index in [4.69, 9.17) is 14.2 Å². The van der Waals surface area contributed by atoms with E-state index < -0.39 is 5.60 Å². The Morgan fingerprint density at radius 3 is 2.37 bits per heavy atom. The van der Waals surface area contributed by atoms with E-state index in [9.17, 15) is 4.79 Å². The Labute approximate surface area is 112 Å². The zero-order valence-corrected chi connectivity index (χ0v) is 11.3. The van der Waals surface area contributed by atoms with Gasteiger partial charge in [-0.15, -0.1) is 0 Å². The first-order chi connectivity index (χ1) is 9.22. The van der Waals surface area contributed by atoms with E-state index in [-0.39, 0.29) is 5.97 Å². The summed E-state index contributed by atoms with van der Waals surface area (Å²) in [6.07, 6.45) is 1.16. The highest BCUT2D eigenvalue weighted by Gasteiger charge is 2.43. The average Bonchev–Trinajstić information content (AvgIpc) is 2.48. The molecule has 1 saturated heterocycles. The van der Waals surface area contributed by atoms with Gasteiger partial charge in [0, 0.05) is 12.8 Å². The summed E-state index contributed by atoms with van der Waals surface area (Å²) in [5, 5.41) is 3.21. The van der Waals surface area contributed by atoms with Gasteiger partial charge in [-0.25, -0.2) is 4.79 Å². The van der Waals surface area contributed by atoms with Gasteiger partial charge in [0.1, 0.15) is 0 Å². The molecule has 1 aliphatic heterocycles. The van der Waals surface area contributed by atoms with Crippen molar-refractivity contribution in [3.05, 3.63) is 24.3 Å². The lowest BCUT2D eigenvalue weighted by atomic mass is 9.92. The lowest BCUT2D eigenvalue weighted by Gasteiger charge is -2.35. The highest BCUT2D eigenvalue weighted by Crippen LogP contribution is 2.33. The quantitative estimate of drug-likeness (QED) is 0.833. The number of hydrogen-bond acceptors (Lipinski definition) is 5. The fraction of sp³-hybridized carbons (Fsp3) is 0.500. The van der Waals surface area contributed by atoms with Gasteiger partial charge in [0.15, 0.2) is 11.5 Å². The number of rotatable bonds is 4. The summed E-state index contributed by atoms with van der Waals surface area (Å²) in [7, 11) is 2.97. The second-order valence-electron chi connectivity index (χ2n) is 4.49. The van der Waals surface area contributed by atoms with Gasteiger partial charge < -0.3 is 19.5 Å². The summed E-state index contributed by atoms with van der Waals surface area (Å²) >= 11 is 0. The van der Waals surface area contributed by atoms with Crippen molar-refractivity contribution in [2.24, 2.45) is 0 Å². The molecule has 0 bridgehead atoms. The lowest BCUT2D eigenvalue weighted by molar-refractivity contribution is -0.161. The number of carbonyl (C=O) groups excluding carboxylic acids is 1. The highest BCUT2D eigenvalue weighted by atomic mass is 16.6. The van der Waals surface area contributed by atoms with Crippen LogP contribution in [0.1, 0.15) is 12.8 Å². The van der Waals surface area contributed by atoms with Gasteiger partial charge in [0.25, 0.3) is 0 Å². The van der Waals surface area contributed by atoms with Crippen LogP contribution in [0.15, 0.2) is 24.3 Å². The number of hydrogen-bond donors (Lipinski definition) is 1. The van der Waals surface area contributed by atoms with Gasteiger partial charge in [0.05, 0.1) is 14.2 Å². The van der Waals surface area contributed by atoms with Crippen molar-refractivity contribution in [3.63, 3.8) is 0 Å². The molecule has 2 rings (SSSR count). The van der Waals surface area contributed by atoms with Crippen molar-refractivity contribution in [2.45, 2.75) is 18.4 Å². The molecule has 1 heterocycles. The number of piperidine rings is 1. The largest absolute Gasteiger partial charge is 0.493 e. The van der Waals surface area contributed by atoms with Crippen LogP contribution >= 0.6 is 0 Å². The van der Waals surface area contributed by atoms with E-state index >= 15 is 0 Å². The molecule has 104 valence electrons. The van der Waals surface area contributed by atoms with Crippen molar-refractivity contribution >= 4 is 5.97 Å². The number of para-hydroxylation sites is 2. The van der Waals surface area contributed by atoms with Gasteiger partial charge in [-0.3, -0.25) is 0 Å². The number of ether oxygens (including phenoxy) is 3. The van der Waals surface area contributed by atoms with Crippen LogP contribution in [0.5, 0.6) is 11.5 Å². The van der Waals surface area contributed by atoms with E-state index in [2.05, 4.69) is 5.32 Å². The van der Waals surface area contributed by atoms with E-state index in [1.165, 1.54) is 7.11 Å². The molecule has 5 heteroatoms. The maximum Gasteiger partial charge on any atom is 0.350 e.